The van der Waals surface area contributed by atoms with Crippen LogP contribution in [0.1, 0.15) is 28.2 Å². The number of piperidine rings is 1. The number of carbonyl (C=O) groups excluding carboxylic acids is 1. The van der Waals surface area contributed by atoms with Crippen LogP contribution < -0.4 is 0 Å². The average molecular weight is 341 g/mol. The van der Waals surface area contributed by atoms with Crippen molar-refractivity contribution in [1.29, 1.82) is 0 Å². The zero-order valence-corrected chi connectivity index (χ0v) is 14.4. The number of amides is 1. The van der Waals surface area contributed by atoms with Crippen LogP contribution in [0, 0.1) is 6.92 Å². The first-order chi connectivity index (χ1) is 12.2. The van der Waals surface area contributed by atoms with E-state index >= 15 is 0 Å². The quantitative estimate of drug-likeness (QED) is 0.856. The van der Waals surface area contributed by atoms with Crippen LogP contribution in [0.25, 0.3) is 0 Å². The van der Waals surface area contributed by atoms with Crippen molar-refractivity contribution in [1.82, 2.24) is 14.8 Å². The smallest absolute Gasteiger partial charge is 0.290 e. The van der Waals surface area contributed by atoms with Gasteiger partial charge in [-0.3, -0.25) is 14.7 Å². The summed E-state index contributed by atoms with van der Waals surface area (Å²) in [6, 6.07) is 7.59. The summed E-state index contributed by atoms with van der Waals surface area (Å²) < 4.78 is 11.2. The number of pyridine rings is 1. The number of fused-ring (bicyclic) bond motifs is 1. The molecule has 2 aromatic rings. The Morgan fingerprint density at radius 1 is 1.32 bits per heavy atom. The predicted molar refractivity (Wildman–Crippen MR) is 92.1 cm³/mol. The summed E-state index contributed by atoms with van der Waals surface area (Å²) in [4.78, 5) is 21.6. The Hall–Kier alpha value is -2.18. The molecule has 6 nitrogen and oxygen atoms in total. The lowest BCUT2D eigenvalue weighted by molar-refractivity contribution is -0.0921. The van der Waals surface area contributed by atoms with Gasteiger partial charge < -0.3 is 14.1 Å². The largest absolute Gasteiger partial charge is 0.459 e. The second-order valence-electron chi connectivity index (χ2n) is 6.74. The van der Waals surface area contributed by atoms with E-state index in [-0.39, 0.29) is 18.1 Å². The number of aromatic nitrogens is 1. The molecule has 1 amide bonds. The van der Waals surface area contributed by atoms with E-state index in [4.69, 9.17) is 9.15 Å². The van der Waals surface area contributed by atoms with Gasteiger partial charge in [0.15, 0.2) is 5.76 Å². The van der Waals surface area contributed by atoms with E-state index in [0.717, 1.165) is 31.7 Å². The zero-order chi connectivity index (χ0) is 17.2. The van der Waals surface area contributed by atoms with Crippen LogP contribution in [0.3, 0.4) is 0 Å². The highest BCUT2D eigenvalue weighted by Crippen LogP contribution is 2.26. The van der Waals surface area contributed by atoms with E-state index in [2.05, 4.69) is 22.9 Å². The van der Waals surface area contributed by atoms with Crippen molar-refractivity contribution in [3.63, 3.8) is 0 Å². The summed E-state index contributed by atoms with van der Waals surface area (Å²) in [5, 5.41) is 0. The molecule has 2 saturated heterocycles. The summed E-state index contributed by atoms with van der Waals surface area (Å²) in [5.41, 5.74) is 2.30. The maximum Gasteiger partial charge on any atom is 0.290 e. The van der Waals surface area contributed by atoms with Gasteiger partial charge in [-0.2, -0.15) is 0 Å². The first kappa shape index (κ1) is 16.3. The van der Waals surface area contributed by atoms with Crippen molar-refractivity contribution in [3.8, 4) is 0 Å². The fraction of sp³-hybridized carbons (Fsp3) is 0.474. The van der Waals surface area contributed by atoms with Gasteiger partial charge in [0.05, 0.1) is 30.7 Å². The number of hydrogen-bond acceptors (Lipinski definition) is 5. The number of carbonyl (C=O) groups is 1. The number of rotatable bonds is 3. The lowest BCUT2D eigenvalue weighted by Gasteiger charge is -2.46. The molecule has 2 atom stereocenters. The van der Waals surface area contributed by atoms with Crippen molar-refractivity contribution in [2.75, 3.05) is 26.2 Å². The SMILES string of the molecule is Cc1cccnc1CN1CC[C@@H]2OCCN(C(=O)c3ccco3)[C@H]2C1. The molecule has 0 unspecified atom stereocenters. The molecule has 0 spiro atoms. The van der Waals surface area contributed by atoms with Crippen LogP contribution in [0.5, 0.6) is 0 Å². The first-order valence-electron chi connectivity index (χ1n) is 8.81. The number of nitrogens with zero attached hydrogens (tertiary/aromatic N) is 3. The Morgan fingerprint density at radius 3 is 3.04 bits per heavy atom. The van der Waals surface area contributed by atoms with Gasteiger partial charge in [-0.25, -0.2) is 0 Å². The van der Waals surface area contributed by atoms with Gasteiger partial charge in [0.2, 0.25) is 0 Å². The maximum absolute atomic E-state index is 12.8. The van der Waals surface area contributed by atoms with Crippen LogP contribution in [0.4, 0.5) is 0 Å². The first-order valence-corrected chi connectivity index (χ1v) is 8.81. The van der Waals surface area contributed by atoms with Gasteiger partial charge >= 0.3 is 0 Å². The van der Waals surface area contributed by atoms with Crippen molar-refractivity contribution in [2.24, 2.45) is 0 Å². The van der Waals surface area contributed by atoms with E-state index < -0.39 is 0 Å². The monoisotopic (exact) mass is 341 g/mol. The molecule has 0 aliphatic carbocycles. The molecule has 0 N–H and O–H groups in total. The fourth-order valence-electron chi connectivity index (χ4n) is 3.77. The molecular weight excluding hydrogens is 318 g/mol. The highest BCUT2D eigenvalue weighted by Gasteiger charge is 2.40. The van der Waals surface area contributed by atoms with Gasteiger partial charge in [-0.05, 0) is 37.1 Å². The molecule has 2 aromatic heterocycles. The Balaban J connectivity index is 1.49. The summed E-state index contributed by atoms with van der Waals surface area (Å²) in [6.45, 7) is 5.85. The second-order valence-corrected chi connectivity index (χ2v) is 6.74. The topological polar surface area (TPSA) is 58.8 Å². The van der Waals surface area contributed by atoms with Crippen molar-refractivity contribution in [3.05, 3.63) is 53.7 Å². The highest BCUT2D eigenvalue weighted by atomic mass is 16.5. The lowest BCUT2D eigenvalue weighted by atomic mass is 9.98. The van der Waals surface area contributed by atoms with E-state index in [1.165, 1.54) is 5.56 Å². The molecular formula is C19H23N3O3. The molecule has 0 aromatic carbocycles. The molecule has 0 bridgehead atoms. The van der Waals surface area contributed by atoms with Gasteiger partial charge in [-0.15, -0.1) is 0 Å². The molecule has 6 heteroatoms. The van der Waals surface area contributed by atoms with Crippen LogP contribution in [-0.2, 0) is 11.3 Å². The molecule has 0 saturated carbocycles. The average Bonchev–Trinajstić information content (AvgIpc) is 3.17. The van der Waals surface area contributed by atoms with E-state index in [0.29, 0.717) is 18.9 Å². The van der Waals surface area contributed by atoms with E-state index in [9.17, 15) is 4.79 Å². The third-order valence-corrected chi connectivity index (χ3v) is 5.15. The van der Waals surface area contributed by atoms with Gasteiger partial charge in [0, 0.05) is 32.4 Å². The minimum absolute atomic E-state index is 0.0424. The van der Waals surface area contributed by atoms with Crippen molar-refractivity contribution in [2.45, 2.75) is 32.0 Å². The Kier molecular flexibility index (Phi) is 4.55. The molecule has 132 valence electrons. The molecule has 0 radical (unpaired) electrons. The number of hydrogen-bond donors (Lipinski definition) is 0. The van der Waals surface area contributed by atoms with Crippen LogP contribution >= 0.6 is 0 Å². The molecule has 2 aliphatic heterocycles. The standard InChI is InChI=1S/C19H23N3O3/c1-14-4-2-7-20-15(14)12-21-8-6-17-16(13-21)22(9-11-25-17)19(23)18-5-3-10-24-18/h2-5,7,10,16-17H,6,8-9,11-13H2,1H3/t16-,17-/m0/s1. The molecule has 2 fully saturated rings. The summed E-state index contributed by atoms with van der Waals surface area (Å²) in [5.74, 6) is 0.359. The highest BCUT2D eigenvalue weighted by molar-refractivity contribution is 5.91. The summed E-state index contributed by atoms with van der Waals surface area (Å²) in [7, 11) is 0. The minimum atomic E-state index is -0.0424. The normalized spacial score (nSPS) is 24.1. The zero-order valence-electron chi connectivity index (χ0n) is 14.4. The third-order valence-electron chi connectivity index (χ3n) is 5.15. The Bertz CT molecular complexity index is 731. The van der Waals surface area contributed by atoms with Crippen LogP contribution in [0.15, 0.2) is 41.1 Å². The minimum Gasteiger partial charge on any atom is -0.459 e. The van der Waals surface area contributed by atoms with Gasteiger partial charge in [-0.1, -0.05) is 6.07 Å². The number of likely N-dealkylation sites (tertiary alicyclic amines) is 1. The summed E-state index contributed by atoms with van der Waals surface area (Å²) in [6.07, 6.45) is 4.42. The third kappa shape index (κ3) is 3.32. The number of furan rings is 1. The van der Waals surface area contributed by atoms with Gasteiger partial charge in [0.1, 0.15) is 0 Å². The molecule has 4 heterocycles. The van der Waals surface area contributed by atoms with Crippen molar-refractivity contribution >= 4 is 5.91 Å². The Morgan fingerprint density at radius 2 is 2.24 bits per heavy atom. The number of morpholine rings is 1. The van der Waals surface area contributed by atoms with Crippen LogP contribution in [0.2, 0.25) is 0 Å². The molecule has 4 rings (SSSR count). The van der Waals surface area contributed by atoms with E-state index in [1.54, 1.807) is 18.4 Å². The fourth-order valence-corrected chi connectivity index (χ4v) is 3.77. The lowest BCUT2D eigenvalue weighted by Crippen LogP contribution is -2.61. The number of aryl methyl sites for hydroxylation is 1. The molecule has 25 heavy (non-hydrogen) atoms. The van der Waals surface area contributed by atoms with E-state index in [1.807, 2.05) is 17.2 Å². The number of ether oxygens (including phenoxy) is 1. The second kappa shape index (κ2) is 6.98. The van der Waals surface area contributed by atoms with Gasteiger partial charge in [0.25, 0.3) is 5.91 Å². The van der Waals surface area contributed by atoms with Crippen molar-refractivity contribution < 1.29 is 13.9 Å². The maximum atomic E-state index is 12.8. The summed E-state index contributed by atoms with van der Waals surface area (Å²) >= 11 is 0. The Labute approximate surface area is 147 Å². The van der Waals surface area contributed by atoms with Crippen LogP contribution in [-0.4, -0.2) is 59.1 Å². The molecule has 2 aliphatic rings. The predicted octanol–water partition coefficient (Wildman–Crippen LogP) is 2.10.